The number of hydrogen-bond acceptors (Lipinski definition) is 9. The van der Waals surface area contributed by atoms with E-state index in [0.717, 1.165) is 19.3 Å². The first-order valence-electron chi connectivity index (χ1n) is 18.8. The van der Waals surface area contributed by atoms with Crippen molar-refractivity contribution in [3.8, 4) is 5.88 Å². The highest BCUT2D eigenvalue weighted by Gasteiger charge is 2.36. The third-order valence-electron chi connectivity index (χ3n) is 9.03. The summed E-state index contributed by atoms with van der Waals surface area (Å²) in [4.78, 5) is 71.5. The zero-order chi connectivity index (χ0) is 39.9. The Hall–Kier alpha value is -5.60. The SMILES string of the molecule is [C-]#[N+]c1cc2nc(C(C(=O)Nc3cc(C(=O)OCCCCCCCCCCCC)ccc3Cl)n3c(O)c(CCCC)oc3=O)n(OCC)c(=O)c2cc1[N+]#[C-]. The second-order valence-electron chi connectivity index (χ2n) is 13.1. The summed E-state index contributed by atoms with van der Waals surface area (Å²) in [6.07, 6.45) is 12.8. The largest absolute Gasteiger partial charge is 0.492 e. The molecule has 2 aromatic carbocycles. The number of aromatic hydroxyl groups is 1. The van der Waals surface area contributed by atoms with Crippen molar-refractivity contribution in [2.24, 2.45) is 0 Å². The maximum Gasteiger partial charge on any atom is 0.423 e. The minimum absolute atomic E-state index is 0.0321. The maximum atomic E-state index is 14.4. The van der Waals surface area contributed by atoms with Crippen molar-refractivity contribution >= 4 is 51.4 Å². The second-order valence-corrected chi connectivity index (χ2v) is 13.5. The fraction of sp³-hybridized carbons (Fsp3) is 0.475. The predicted octanol–water partition coefficient (Wildman–Crippen LogP) is 8.71. The molecule has 2 heterocycles. The third-order valence-corrected chi connectivity index (χ3v) is 9.36. The molecule has 0 fully saturated rings. The average molecular weight is 775 g/mol. The molecule has 14 nitrogen and oxygen atoms in total. The number of ether oxygens (including phenoxy) is 1. The van der Waals surface area contributed by atoms with Crippen LogP contribution in [0.4, 0.5) is 17.1 Å². The Kier molecular flexibility index (Phi) is 15.9. The summed E-state index contributed by atoms with van der Waals surface area (Å²) < 4.78 is 12.2. The molecule has 2 aromatic heterocycles. The van der Waals surface area contributed by atoms with Crippen LogP contribution in [-0.4, -0.2) is 44.5 Å². The number of carbonyl (C=O) groups excluding carboxylic acids is 2. The lowest BCUT2D eigenvalue weighted by Gasteiger charge is -2.22. The first-order valence-corrected chi connectivity index (χ1v) is 19.2. The molecule has 4 rings (SSSR count). The number of carbonyl (C=O) groups is 2. The Morgan fingerprint density at radius 1 is 0.927 bits per heavy atom. The van der Waals surface area contributed by atoms with E-state index in [1.807, 2.05) is 6.92 Å². The number of hydrogen-bond donors (Lipinski definition) is 2. The van der Waals surface area contributed by atoms with Crippen LogP contribution < -0.4 is 21.5 Å². The number of aromatic nitrogens is 3. The normalized spacial score (nSPS) is 11.5. The van der Waals surface area contributed by atoms with Gasteiger partial charge in [-0.05, 0) is 44.0 Å². The molecule has 0 radical (unpaired) electrons. The molecule has 1 unspecified atom stereocenters. The number of oxazole rings is 1. The number of rotatable bonds is 21. The fourth-order valence-electron chi connectivity index (χ4n) is 6.10. The molecule has 292 valence electrons. The van der Waals surface area contributed by atoms with Crippen LogP contribution in [0.25, 0.3) is 20.6 Å². The first kappa shape index (κ1) is 42.1. The van der Waals surface area contributed by atoms with E-state index in [1.165, 1.54) is 68.9 Å². The number of benzene rings is 2. The summed E-state index contributed by atoms with van der Waals surface area (Å²) in [5.74, 6) is -3.97. The Bertz CT molecular complexity index is 2180. The van der Waals surface area contributed by atoms with Gasteiger partial charge in [-0.2, -0.15) is 0 Å². The maximum absolute atomic E-state index is 14.4. The van der Waals surface area contributed by atoms with Crippen molar-refractivity contribution in [2.75, 3.05) is 18.5 Å². The molecule has 0 spiro atoms. The van der Waals surface area contributed by atoms with Crippen LogP contribution in [0.15, 0.2) is 44.3 Å². The Labute approximate surface area is 324 Å². The fourth-order valence-corrected chi connectivity index (χ4v) is 6.27. The number of unbranched alkanes of at least 4 members (excludes halogenated alkanes) is 10. The Morgan fingerprint density at radius 2 is 1.56 bits per heavy atom. The lowest BCUT2D eigenvalue weighted by Crippen LogP contribution is -2.40. The van der Waals surface area contributed by atoms with Gasteiger partial charge < -0.3 is 24.4 Å². The van der Waals surface area contributed by atoms with E-state index < -0.39 is 40.9 Å². The van der Waals surface area contributed by atoms with Gasteiger partial charge >= 0.3 is 11.7 Å². The van der Waals surface area contributed by atoms with Crippen LogP contribution in [0, 0.1) is 13.1 Å². The quantitative estimate of drug-likeness (QED) is 0.0479. The predicted molar refractivity (Wildman–Crippen MR) is 209 cm³/mol. The summed E-state index contributed by atoms with van der Waals surface area (Å²) in [7, 11) is 0. The highest BCUT2D eigenvalue weighted by atomic mass is 35.5. The molecule has 4 aromatic rings. The minimum atomic E-state index is -1.91. The molecule has 0 bridgehead atoms. The smallest absolute Gasteiger partial charge is 0.423 e. The van der Waals surface area contributed by atoms with E-state index in [4.69, 9.17) is 38.7 Å². The van der Waals surface area contributed by atoms with Gasteiger partial charge in [0.1, 0.15) is 6.61 Å². The van der Waals surface area contributed by atoms with Gasteiger partial charge in [0.15, 0.2) is 29.0 Å². The average Bonchev–Trinajstić information content (AvgIpc) is 3.46. The van der Waals surface area contributed by atoms with Gasteiger partial charge in [0.25, 0.3) is 11.5 Å². The molecule has 0 aliphatic carbocycles. The molecule has 55 heavy (non-hydrogen) atoms. The van der Waals surface area contributed by atoms with Gasteiger partial charge in [0.05, 0.1) is 46.9 Å². The number of amides is 1. The van der Waals surface area contributed by atoms with E-state index in [-0.39, 0.29) is 63.9 Å². The van der Waals surface area contributed by atoms with Crippen LogP contribution in [0.1, 0.15) is 126 Å². The molecule has 0 aliphatic rings. The van der Waals surface area contributed by atoms with Crippen molar-refractivity contribution in [1.82, 2.24) is 14.3 Å². The molecular weight excluding hydrogens is 728 g/mol. The van der Waals surface area contributed by atoms with Crippen molar-refractivity contribution in [1.29, 1.82) is 0 Å². The second kappa shape index (κ2) is 20.7. The van der Waals surface area contributed by atoms with Crippen LogP contribution in [0.3, 0.4) is 0 Å². The number of nitrogens with one attached hydrogen (secondary N) is 1. The summed E-state index contributed by atoms with van der Waals surface area (Å²) in [6.45, 7) is 20.8. The van der Waals surface area contributed by atoms with Crippen molar-refractivity contribution in [2.45, 2.75) is 110 Å². The van der Waals surface area contributed by atoms with Crippen molar-refractivity contribution in [3.05, 3.63) is 96.2 Å². The van der Waals surface area contributed by atoms with Gasteiger partial charge in [-0.1, -0.05) is 95.7 Å². The number of anilines is 1. The van der Waals surface area contributed by atoms with E-state index in [9.17, 15) is 24.3 Å². The summed E-state index contributed by atoms with van der Waals surface area (Å²) in [6, 6.07) is 4.68. The highest BCUT2D eigenvalue weighted by molar-refractivity contribution is 6.34. The zero-order valence-electron chi connectivity index (χ0n) is 31.5. The molecule has 1 atom stereocenters. The van der Waals surface area contributed by atoms with Crippen LogP contribution in [0.2, 0.25) is 5.02 Å². The topological polar surface area (TPSA) is 164 Å². The monoisotopic (exact) mass is 774 g/mol. The van der Waals surface area contributed by atoms with Crippen LogP contribution >= 0.6 is 11.6 Å². The number of esters is 1. The minimum Gasteiger partial charge on any atom is -0.492 e. The third kappa shape index (κ3) is 10.5. The standard InChI is InChI=1S/C40H47ClN6O8/c1-6-9-11-12-13-14-15-16-17-18-22-53-39(51)26-20-21-28(41)30(23-26)45-36(48)34(46-38(50)33(19-10-7-2)55-40(46)52)35-44-29-25-32(43-5)31(42-4)24-27(29)37(49)47(35)54-8-3/h20-21,23-25,34,50H,6-19,22H2,1-3H3,(H,45,48). The molecule has 2 N–H and O–H groups in total. The Balaban J connectivity index is 1.65. The van der Waals surface area contributed by atoms with Gasteiger partial charge in [0.2, 0.25) is 5.88 Å². The number of aryl methyl sites for hydroxylation is 1. The van der Waals surface area contributed by atoms with E-state index >= 15 is 0 Å². The number of halogens is 1. The first-order chi connectivity index (χ1) is 26.6. The molecule has 0 saturated heterocycles. The van der Waals surface area contributed by atoms with Gasteiger partial charge in [0, 0.05) is 6.42 Å². The summed E-state index contributed by atoms with van der Waals surface area (Å²) in [5, 5.41) is 13.8. The highest BCUT2D eigenvalue weighted by Crippen LogP contribution is 2.33. The summed E-state index contributed by atoms with van der Waals surface area (Å²) >= 11 is 6.48. The van der Waals surface area contributed by atoms with Gasteiger partial charge in [-0.15, -0.1) is 4.73 Å². The Morgan fingerprint density at radius 3 is 2.20 bits per heavy atom. The van der Waals surface area contributed by atoms with E-state index in [0.29, 0.717) is 28.6 Å². The molecule has 0 aliphatic heterocycles. The van der Waals surface area contributed by atoms with Gasteiger partial charge in [-0.25, -0.2) is 19.1 Å². The van der Waals surface area contributed by atoms with Crippen LogP contribution in [0.5, 0.6) is 5.88 Å². The van der Waals surface area contributed by atoms with Crippen LogP contribution in [-0.2, 0) is 16.0 Å². The molecule has 0 saturated carbocycles. The van der Waals surface area contributed by atoms with E-state index in [2.05, 4.69) is 26.9 Å². The van der Waals surface area contributed by atoms with Crippen molar-refractivity contribution < 1.29 is 28.7 Å². The molecule has 1 amide bonds. The number of fused-ring (bicyclic) bond motifs is 1. The molecule has 15 heteroatoms. The van der Waals surface area contributed by atoms with E-state index in [1.54, 1.807) is 6.92 Å². The summed E-state index contributed by atoms with van der Waals surface area (Å²) in [5.41, 5.74) is -1.02. The molecular formula is C40H47ClN6O8. The lowest BCUT2D eigenvalue weighted by molar-refractivity contribution is -0.119. The number of nitrogens with zero attached hydrogens (tertiary/aromatic N) is 5. The van der Waals surface area contributed by atoms with Gasteiger partial charge in [-0.3, -0.25) is 19.3 Å². The zero-order valence-corrected chi connectivity index (χ0v) is 32.2. The lowest BCUT2D eigenvalue weighted by atomic mass is 10.1. The van der Waals surface area contributed by atoms with Crippen molar-refractivity contribution in [3.63, 3.8) is 0 Å².